The van der Waals surface area contributed by atoms with E-state index in [9.17, 15) is 18.0 Å². The first kappa shape index (κ1) is 14.2. The van der Waals surface area contributed by atoms with Crippen LogP contribution >= 0.6 is 0 Å². The van der Waals surface area contributed by atoms with Crippen molar-refractivity contribution in [3.05, 3.63) is 0 Å². The summed E-state index contributed by atoms with van der Waals surface area (Å²) in [5, 5.41) is 11.5. The first-order chi connectivity index (χ1) is 8.88. The minimum Gasteiger partial charge on any atom is -0.481 e. The first-order valence-electron chi connectivity index (χ1n) is 6.15. The van der Waals surface area contributed by atoms with E-state index in [4.69, 9.17) is 5.11 Å². The fraction of sp³-hybridized carbons (Fsp3) is 0.800. The number of nitrogens with one attached hydrogen (secondary N) is 2. The molecule has 0 aromatic heterocycles. The Hall–Kier alpha value is -1.19. The number of carboxylic acid groups (broad SMARTS) is 1. The molecule has 2 unspecified atom stereocenters. The molecule has 2 rings (SSSR count). The third kappa shape index (κ3) is 3.43. The van der Waals surface area contributed by atoms with Crippen LogP contribution in [0.15, 0.2) is 0 Å². The number of nitrogens with zero attached hydrogens (tertiary/aromatic N) is 1. The van der Waals surface area contributed by atoms with Gasteiger partial charge >= 0.3 is 5.97 Å². The summed E-state index contributed by atoms with van der Waals surface area (Å²) in [7, 11) is -3.73. The molecule has 0 aliphatic carbocycles. The van der Waals surface area contributed by atoms with Crippen molar-refractivity contribution in [2.24, 2.45) is 5.92 Å². The number of hydrogen-bond acceptors (Lipinski definition) is 4. The van der Waals surface area contributed by atoms with Gasteiger partial charge in [-0.25, -0.2) is 0 Å². The average Bonchev–Trinajstić information content (AvgIpc) is 2.74. The molecule has 2 heterocycles. The molecular formula is C10H17N3O5S. The molecule has 8 nitrogen and oxygen atoms in total. The van der Waals surface area contributed by atoms with Crippen LogP contribution in [-0.4, -0.2) is 55.4 Å². The van der Waals surface area contributed by atoms with Crippen LogP contribution in [-0.2, 0) is 19.8 Å². The molecule has 3 N–H and O–H groups in total. The Kier molecular flexibility index (Phi) is 4.07. The Morgan fingerprint density at radius 3 is 2.79 bits per heavy atom. The van der Waals surface area contributed by atoms with Gasteiger partial charge in [-0.2, -0.15) is 17.4 Å². The van der Waals surface area contributed by atoms with Crippen molar-refractivity contribution in [3.63, 3.8) is 0 Å². The minimum atomic E-state index is -3.73. The normalized spacial score (nSPS) is 29.2. The van der Waals surface area contributed by atoms with E-state index in [1.165, 1.54) is 0 Å². The van der Waals surface area contributed by atoms with E-state index in [0.29, 0.717) is 19.4 Å². The second kappa shape index (κ2) is 5.43. The van der Waals surface area contributed by atoms with Gasteiger partial charge < -0.3 is 10.4 Å². The van der Waals surface area contributed by atoms with Crippen LogP contribution in [0.4, 0.5) is 0 Å². The van der Waals surface area contributed by atoms with Gasteiger partial charge in [-0.3, -0.25) is 9.59 Å². The van der Waals surface area contributed by atoms with E-state index in [-0.39, 0.29) is 25.4 Å². The van der Waals surface area contributed by atoms with E-state index in [0.717, 1.165) is 4.31 Å². The van der Waals surface area contributed by atoms with Gasteiger partial charge in [-0.05, 0) is 12.8 Å². The molecule has 9 heteroatoms. The topological polar surface area (TPSA) is 116 Å². The third-order valence-electron chi connectivity index (χ3n) is 3.37. The molecule has 0 aromatic carbocycles. The number of amides is 1. The van der Waals surface area contributed by atoms with Gasteiger partial charge in [0.25, 0.3) is 10.2 Å². The van der Waals surface area contributed by atoms with Crippen LogP contribution in [0.3, 0.4) is 0 Å². The number of carbonyl (C=O) groups is 2. The summed E-state index contributed by atoms with van der Waals surface area (Å²) in [5.41, 5.74) is 0. The van der Waals surface area contributed by atoms with Gasteiger partial charge in [0.1, 0.15) is 0 Å². The number of carbonyl (C=O) groups excluding carboxylic acids is 1. The van der Waals surface area contributed by atoms with Crippen molar-refractivity contribution in [2.45, 2.75) is 25.3 Å². The Morgan fingerprint density at radius 2 is 2.21 bits per heavy atom. The highest BCUT2D eigenvalue weighted by Crippen LogP contribution is 2.19. The highest BCUT2D eigenvalue weighted by atomic mass is 32.2. The van der Waals surface area contributed by atoms with Crippen LogP contribution in [0, 0.1) is 5.92 Å². The Labute approximate surface area is 111 Å². The summed E-state index contributed by atoms with van der Waals surface area (Å²) in [6.07, 6.45) is 1.14. The molecule has 19 heavy (non-hydrogen) atoms. The van der Waals surface area contributed by atoms with E-state index in [1.54, 1.807) is 0 Å². The molecule has 108 valence electrons. The van der Waals surface area contributed by atoms with E-state index >= 15 is 0 Å². The van der Waals surface area contributed by atoms with Gasteiger partial charge in [0.05, 0.1) is 5.92 Å². The second-order valence-electron chi connectivity index (χ2n) is 4.86. The lowest BCUT2D eigenvalue weighted by molar-refractivity contribution is -0.142. The molecule has 2 atom stereocenters. The lowest BCUT2D eigenvalue weighted by Crippen LogP contribution is -2.50. The molecule has 2 saturated heterocycles. The summed E-state index contributed by atoms with van der Waals surface area (Å²) in [4.78, 5) is 21.9. The molecular weight excluding hydrogens is 274 g/mol. The lowest BCUT2D eigenvalue weighted by Gasteiger charge is -2.30. The SMILES string of the molecule is O=C1CC(NS(=O)(=O)N2CCCC(C(=O)O)C2)CN1. The predicted molar refractivity (Wildman–Crippen MR) is 65.4 cm³/mol. The number of rotatable bonds is 4. The van der Waals surface area contributed by atoms with Crippen molar-refractivity contribution in [3.8, 4) is 0 Å². The summed E-state index contributed by atoms with van der Waals surface area (Å²) in [5.74, 6) is -1.82. The van der Waals surface area contributed by atoms with Crippen molar-refractivity contribution in [2.75, 3.05) is 19.6 Å². The first-order valence-corrected chi connectivity index (χ1v) is 7.59. The van der Waals surface area contributed by atoms with Gasteiger partial charge in [-0.1, -0.05) is 0 Å². The zero-order chi connectivity index (χ0) is 14.0. The van der Waals surface area contributed by atoms with Crippen molar-refractivity contribution in [1.82, 2.24) is 14.3 Å². The van der Waals surface area contributed by atoms with Gasteiger partial charge in [0.15, 0.2) is 0 Å². The largest absolute Gasteiger partial charge is 0.481 e. The van der Waals surface area contributed by atoms with E-state index in [2.05, 4.69) is 10.0 Å². The fourth-order valence-corrected chi connectivity index (χ4v) is 3.82. The predicted octanol–water partition coefficient (Wildman–Crippen LogP) is -1.49. The maximum atomic E-state index is 12.1. The third-order valence-corrected chi connectivity index (χ3v) is 5.01. The van der Waals surface area contributed by atoms with Crippen LogP contribution < -0.4 is 10.0 Å². The number of hydrogen-bond donors (Lipinski definition) is 3. The second-order valence-corrected chi connectivity index (χ2v) is 6.57. The van der Waals surface area contributed by atoms with Gasteiger partial charge in [0.2, 0.25) is 5.91 Å². The summed E-state index contributed by atoms with van der Waals surface area (Å²) >= 11 is 0. The van der Waals surface area contributed by atoms with E-state index < -0.39 is 28.1 Å². The monoisotopic (exact) mass is 291 g/mol. The van der Waals surface area contributed by atoms with Crippen LogP contribution in [0.1, 0.15) is 19.3 Å². The lowest BCUT2D eigenvalue weighted by atomic mass is 10.0. The summed E-state index contributed by atoms with van der Waals surface area (Å²) in [6.45, 7) is 0.570. The van der Waals surface area contributed by atoms with Crippen molar-refractivity contribution >= 4 is 22.1 Å². The summed E-state index contributed by atoms with van der Waals surface area (Å²) < 4.78 is 27.8. The molecule has 0 saturated carbocycles. The van der Waals surface area contributed by atoms with Crippen LogP contribution in [0.5, 0.6) is 0 Å². The van der Waals surface area contributed by atoms with Crippen molar-refractivity contribution < 1.29 is 23.1 Å². The maximum absolute atomic E-state index is 12.1. The maximum Gasteiger partial charge on any atom is 0.307 e. The Morgan fingerprint density at radius 1 is 1.47 bits per heavy atom. The zero-order valence-corrected chi connectivity index (χ0v) is 11.1. The zero-order valence-electron chi connectivity index (χ0n) is 10.3. The highest BCUT2D eigenvalue weighted by molar-refractivity contribution is 7.87. The Bertz CT molecular complexity index is 478. The molecule has 2 aliphatic rings. The smallest absolute Gasteiger partial charge is 0.307 e. The van der Waals surface area contributed by atoms with Crippen LogP contribution in [0.25, 0.3) is 0 Å². The number of piperidine rings is 1. The molecule has 1 amide bonds. The highest BCUT2D eigenvalue weighted by Gasteiger charge is 2.34. The Balaban J connectivity index is 1.98. The standard InChI is InChI=1S/C10H17N3O5S/c14-9-4-8(5-11-9)12-19(17,18)13-3-1-2-7(6-13)10(15)16/h7-8,12H,1-6H2,(H,11,14)(H,15,16). The molecule has 2 fully saturated rings. The van der Waals surface area contributed by atoms with Gasteiger partial charge in [-0.15, -0.1) is 0 Å². The number of carboxylic acids is 1. The molecule has 0 spiro atoms. The average molecular weight is 291 g/mol. The van der Waals surface area contributed by atoms with E-state index in [1.807, 2.05) is 0 Å². The molecule has 0 bridgehead atoms. The van der Waals surface area contributed by atoms with Crippen molar-refractivity contribution in [1.29, 1.82) is 0 Å². The quantitative estimate of drug-likeness (QED) is 0.583. The molecule has 0 aromatic rings. The van der Waals surface area contributed by atoms with Gasteiger partial charge in [0, 0.05) is 32.1 Å². The summed E-state index contributed by atoms with van der Waals surface area (Å²) in [6, 6.07) is -0.456. The molecule has 0 radical (unpaired) electrons. The molecule has 2 aliphatic heterocycles. The van der Waals surface area contributed by atoms with Crippen LogP contribution in [0.2, 0.25) is 0 Å². The minimum absolute atomic E-state index is 0.0151. The number of aliphatic carboxylic acids is 1. The fourth-order valence-electron chi connectivity index (χ4n) is 2.34.